The van der Waals surface area contributed by atoms with E-state index in [4.69, 9.17) is 10.5 Å². The number of ether oxygens (including phenoxy) is 1. The number of fused-ring (bicyclic) bond motifs is 1. The number of primary amides is 1. The summed E-state index contributed by atoms with van der Waals surface area (Å²) in [5, 5.41) is 23.6. The third-order valence-corrected chi connectivity index (χ3v) is 4.35. The highest BCUT2D eigenvalue weighted by Gasteiger charge is 2.24. The molecule has 1 aromatic carbocycles. The number of aromatic nitrogens is 5. The second-order valence-corrected chi connectivity index (χ2v) is 5.95. The van der Waals surface area contributed by atoms with Gasteiger partial charge in [-0.05, 0) is 25.3 Å². The zero-order chi connectivity index (χ0) is 18.3. The first-order chi connectivity index (χ1) is 12.6. The van der Waals surface area contributed by atoms with Crippen LogP contribution in [-0.2, 0) is 4.74 Å². The molecule has 1 atom stereocenters. The Kier molecular flexibility index (Phi) is 3.84. The van der Waals surface area contributed by atoms with Crippen molar-refractivity contribution in [1.82, 2.24) is 24.5 Å². The minimum Gasteiger partial charge on any atom is -0.363 e. The Morgan fingerprint density at radius 2 is 2.23 bits per heavy atom. The van der Waals surface area contributed by atoms with Gasteiger partial charge in [0.2, 0.25) is 5.82 Å². The molecule has 3 aromatic rings. The molecule has 26 heavy (non-hydrogen) atoms. The van der Waals surface area contributed by atoms with Crippen LogP contribution in [0.4, 0.5) is 5.69 Å². The summed E-state index contributed by atoms with van der Waals surface area (Å²) >= 11 is 0. The Bertz CT molecular complexity index is 1000. The molecule has 2 aromatic heterocycles. The van der Waals surface area contributed by atoms with Crippen LogP contribution in [0.1, 0.15) is 36.1 Å². The molecule has 11 heteroatoms. The molecule has 11 nitrogen and oxygen atoms in total. The number of hydrogen-bond donors (Lipinski definition) is 1. The summed E-state index contributed by atoms with van der Waals surface area (Å²) in [6.07, 6.45) is 5.19. The maximum atomic E-state index is 11.5. The van der Waals surface area contributed by atoms with Crippen LogP contribution in [-0.4, -0.2) is 42.0 Å². The van der Waals surface area contributed by atoms with E-state index in [1.807, 2.05) is 0 Å². The van der Waals surface area contributed by atoms with Gasteiger partial charge in [-0.2, -0.15) is 5.10 Å². The second kappa shape index (κ2) is 6.19. The fourth-order valence-electron chi connectivity index (χ4n) is 3.14. The summed E-state index contributed by atoms with van der Waals surface area (Å²) in [5.74, 6) is -0.895. The predicted molar refractivity (Wildman–Crippen MR) is 88.7 cm³/mol. The second-order valence-electron chi connectivity index (χ2n) is 5.95. The van der Waals surface area contributed by atoms with Gasteiger partial charge in [-0.1, -0.05) is 0 Å². The van der Waals surface area contributed by atoms with Crippen molar-refractivity contribution < 1.29 is 14.5 Å². The van der Waals surface area contributed by atoms with E-state index in [-0.39, 0.29) is 17.7 Å². The summed E-state index contributed by atoms with van der Waals surface area (Å²) in [6.45, 7) is 0.616. The molecule has 1 aliphatic heterocycles. The topological polar surface area (TPSA) is 144 Å². The molecule has 0 radical (unpaired) electrons. The van der Waals surface area contributed by atoms with Crippen molar-refractivity contribution in [3.05, 3.63) is 40.6 Å². The lowest BCUT2D eigenvalue weighted by Gasteiger charge is -2.23. The molecule has 0 bridgehead atoms. The van der Waals surface area contributed by atoms with Crippen LogP contribution in [0.25, 0.3) is 16.6 Å². The summed E-state index contributed by atoms with van der Waals surface area (Å²) in [5.41, 5.74) is 6.04. The van der Waals surface area contributed by atoms with Gasteiger partial charge in [0.25, 0.3) is 11.6 Å². The zero-order valence-electron chi connectivity index (χ0n) is 13.6. The number of nitrogens with zero attached hydrogens (tertiary/aromatic N) is 6. The fourth-order valence-corrected chi connectivity index (χ4v) is 3.14. The van der Waals surface area contributed by atoms with E-state index in [2.05, 4.69) is 15.3 Å². The van der Waals surface area contributed by atoms with Crippen LogP contribution >= 0.6 is 0 Å². The van der Waals surface area contributed by atoms with E-state index in [1.54, 1.807) is 10.7 Å². The molecule has 1 amide bonds. The molecule has 0 saturated carbocycles. The van der Waals surface area contributed by atoms with Gasteiger partial charge in [0, 0.05) is 12.7 Å². The molecule has 1 saturated heterocycles. The molecule has 1 aliphatic rings. The molecule has 4 rings (SSSR count). The van der Waals surface area contributed by atoms with Crippen molar-refractivity contribution in [3.8, 4) is 5.69 Å². The van der Waals surface area contributed by atoms with Crippen molar-refractivity contribution in [3.63, 3.8) is 0 Å². The predicted octanol–water partition coefficient (Wildman–Crippen LogP) is 1.32. The van der Waals surface area contributed by atoms with Gasteiger partial charge in [0.05, 0.1) is 27.7 Å². The van der Waals surface area contributed by atoms with Crippen LogP contribution in [0.2, 0.25) is 0 Å². The van der Waals surface area contributed by atoms with Gasteiger partial charge in [-0.3, -0.25) is 19.5 Å². The largest absolute Gasteiger partial charge is 0.363 e. The highest BCUT2D eigenvalue weighted by molar-refractivity contribution is 5.92. The monoisotopic (exact) mass is 357 g/mol. The van der Waals surface area contributed by atoms with Gasteiger partial charge >= 0.3 is 0 Å². The minimum absolute atomic E-state index is 0.112. The smallest absolute Gasteiger partial charge is 0.287 e. The zero-order valence-corrected chi connectivity index (χ0v) is 13.6. The third kappa shape index (κ3) is 2.58. The molecule has 2 N–H and O–H groups in total. The average Bonchev–Trinajstić information content (AvgIpc) is 3.28. The summed E-state index contributed by atoms with van der Waals surface area (Å²) in [6, 6.07) is 3.02. The van der Waals surface area contributed by atoms with Crippen LogP contribution < -0.4 is 5.73 Å². The normalized spacial score (nSPS) is 17.5. The number of nitrogens with two attached hydrogens (primary N) is 1. The molecule has 0 aliphatic carbocycles. The lowest BCUT2D eigenvalue weighted by molar-refractivity contribution is -0.383. The van der Waals surface area contributed by atoms with Gasteiger partial charge in [-0.25, -0.2) is 4.68 Å². The molecule has 3 heterocycles. The lowest BCUT2D eigenvalue weighted by atomic mass is 10.1. The Balaban J connectivity index is 1.92. The Labute approximate surface area is 146 Å². The highest BCUT2D eigenvalue weighted by Crippen LogP contribution is 2.33. The SMILES string of the molecule is NC(=O)c1nncn1-c1cc([N+](=O)[O-])c2cnn(C3CCCCO3)c2c1. The number of nitro groups is 1. The summed E-state index contributed by atoms with van der Waals surface area (Å²) in [7, 11) is 0. The number of non-ortho nitro benzene ring substituents is 1. The number of rotatable bonds is 4. The van der Waals surface area contributed by atoms with E-state index in [0.717, 1.165) is 19.3 Å². The third-order valence-electron chi connectivity index (χ3n) is 4.35. The van der Waals surface area contributed by atoms with Crippen LogP contribution in [0.5, 0.6) is 0 Å². The van der Waals surface area contributed by atoms with E-state index < -0.39 is 10.8 Å². The first-order valence-corrected chi connectivity index (χ1v) is 8.03. The lowest BCUT2D eigenvalue weighted by Crippen LogP contribution is -2.19. The van der Waals surface area contributed by atoms with Gasteiger partial charge in [0.1, 0.15) is 6.33 Å². The molecule has 1 unspecified atom stereocenters. The summed E-state index contributed by atoms with van der Waals surface area (Å²) < 4.78 is 8.70. The molecular formula is C15H15N7O4. The van der Waals surface area contributed by atoms with E-state index >= 15 is 0 Å². The van der Waals surface area contributed by atoms with Crippen LogP contribution in [0.15, 0.2) is 24.7 Å². The van der Waals surface area contributed by atoms with E-state index in [1.165, 1.54) is 23.2 Å². The number of amides is 1. The maximum absolute atomic E-state index is 11.5. The molecule has 134 valence electrons. The minimum atomic E-state index is -0.783. The van der Waals surface area contributed by atoms with Crippen molar-refractivity contribution in [2.24, 2.45) is 5.73 Å². The Morgan fingerprint density at radius 3 is 2.92 bits per heavy atom. The molecule has 0 spiro atoms. The molecule has 1 fully saturated rings. The van der Waals surface area contributed by atoms with Gasteiger partial charge in [0.15, 0.2) is 6.23 Å². The number of benzene rings is 1. The number of nitro benzene ring substituents is 1. The van der Waals surface area contributed by atoms with E-state index in [0.29, 0.717) is 23.2 Å². The Morgan fingerprint density at radius 1 is 1.38 bits per heavy atom. The summed E-state index contributed by atoms with van der Waals surface area (Å²) in [4.78, 5) is 22.6. The number of carbonyl (C=O) groups excluding carboxylic acids is 1. The quantitative estimate of drug-likeness (QED) is 0.547. The van der Waals surface area contributed by atoms with Crippen molar-refractivity contribution >= 4 is 22.5 Å². The van der Waals surface area contributed by atoms with Crippen molar-refractivity contribution in [2.75, 3.05) is 6.61 Å². The van der Waals surface area contributed by atoms with E-state index in [9.17, 15) is 14.9 Å². The van der Waals surface area contributed by atoms with Crippen LogP contribution in [0.3, 0.4) is 0 Å². The standard InChI is InChI=1S/C15H15N7O4/c16-14(23)15-19-17-8-20(15)9-5-11-10(12(6-9)22(24)25)7-18-21(11)13-3-1-2-4-26-13/h5-8,13H,1-4H2,(H2,16,23). The maximum Gasteiger partial charge on any atom is 0.287 e. The number of hydrogen-bond acceptors (Lipinski definition) is 7. The van der Waals surface area contributed by atoms with Crippen molar-refractivity contribution in [1.29, 1.82) is 0 Å². The first-order valence-electron chi connectivity index (χ1n) is 8.03. The first kappa shape index (κ1) is 16.1. The van der Waals surface area contributed by atoms with Gasteiger partial charge in [-0.15, -0.1) is 10.2 Å². The average molecular weight is 357 g/mol. The van der Waals surface area contributed by atoms with Gasteiger partial charge < -0.3 is 10.5 Å². The van der Waals surface area contributed by atoms with Crippen molar-refractivity contribution in [2.45, 2.75) is 25.5 Å². The fraction of sp³-hybridized carbons (Fsp3) is 0.333. The molecular weight excluding hydrogens is 342 g/mol. The highest BCUT2D eigenvalue weighted by atomic mass is 16.6. The number of carbonyl (C=O) groups is 1. The Hall–Kier alpha value is -3.34. The van der Waals surface area contributed by atoms with Crippen LogP contribution in [0, 0.1) is 10.1 Å².